The van der Waals surface area contributed by atoms with Gasteiger partial charge < -0.3 is 5.73 Å². The number of alkyl halides is 3. The fourth-order valence-corrected chi connectivity index (χ4v) is 3.24. The number of nitrogens with two attached hydrogens (primary N) is 1. The molecule has 0 aliphatic heterocycles. The first-order chi connectivity index (χ1) is 11.8. The van der Waals surface area contributed by atoms with E-state index in [1.54, 1.807) is 18.2 Å². The lowest BCUT2D eigenvalue weighted by Crippen LogP contribution is -2.05. The largest absolute Gasteiger partial charge is 0.416 e. The third-order valence-electron chi connectivity index (χ3n) is 3.54. The van der Waals surface area contributed by atoms with Gasteiger partial charge in [-0.2, -0.15) is 13.2 Å². The molecule has 0 amide bonds. The van der Waals surface area contributed by atoms with Crippen LogP contribution in [0.5, 0.6) is 0 Å². The van der Waals surface area contributed by atoms with Gasteiger partial charge in [0.1, 0.15) is 0 Å². The molecule has 0 unspecified atom stereocenters. The van der Waals surface area contributed by atoms with Gasteiger partial charge in [0.15, 0.2) is 0 Å². The van der Waals surface area contributed by atoms with Crippen LogP contribution in [0.3, 0.4) is 0 Å². The highest BCUT2D eigenvalue weighted by molar-refractivity contribution is 7.98. The van der Waals surface area contributed by atoms with Gasteiger partial charge in [-0.05, 0) is 42.6 Å². The second-order valence-electron chi connectivity index (χ2n) is 5.44. The van der Waals surface area contributed by atoms with E-state index in [1.807, 2.05) is 0 Å². The van der Waals surface area contributed by atoms with Gasteiger partial charge in [0.2, 0.25) is 0 Å². The number of aryl methyl sites for hydroxylation is 1. The number of nitro groups is 1. The maximum absolute atomic E-state index is 12.7. The first-order valence-corrected chi connectivity index (χ1v) is 8.56. The Morgan fingerprint density at radius 2 is 1.88 bits per heavy atom. The third kappa shape index (κ3) is 5.47. The standard InChI is InChI=1S/C17H17F3N2O2S/c18-17(19,20)14-5-1-3-13(9-14)11-25-16-7-6-12(4-2-8-21)10-15(16)22(23)24/h1,3,5-7,9-10H,2,4,8,11,21H2. The third-order valence-corrected chi connectivity index (χ3v) is 4.67. The molecule has 0 atom stereocenters. The summed E-state index contributed by atoms with van der Waals surface area (Å²) in [4.78, 5) is 11.2. The van der Waals surface area contributed by atoms with Gasteiger partial charge in [-0.15, -0.1) is 11.8 Å². The van der Waals surface area contributed by atoms with Crippen molar-refractivity contribution in [3.05, 3.63) is 69.3 Å². The molecule has 2 rings (SSSR count). The van der Waals surface area contributed by atoms with Crippen molar-refractivity contribution in [3.8, 4) is 0 Å². The maximum atomic E-state index is 12.7. The molecule has 0 spiro atoms. The van der Waals surface area contributed by atoms with E-state index in [9.17, 15) is 23.3 Å². The lowest BCUT2D eigenvalue weighted by atomic mass is 10.1. The van der Waals surface area contributed by atoms with E-state index < -0.39 is 16.7 Å². The molecule has 0 aliphatic carbocycles. The molecule has 0 radical (unpaired) electrons. The molecular formula is C17H17F3N2O2S. The van der Waals surface area contributed by atoms with Gasteiger partial charge in [0, 0.05) is 11.8 Å². The van der Waals surface area contributed by atoms with E-state index in [0.29, 0.717) is 23.4 Å². The molecule has 0 saturated heterocycles. The number of rotatable bonds is 7. The number of nitrogens with zero attached hydrogens (tertiary/aromatic N) is 1. The van der Waals surface area contributed by atoms with E-state index in [0.717, 1.165) is 35.9 Å². The summed E-state index contributed by atoms with van der Waals surface area (Å²) < 4.78 is 38.2. The van der Waals surface area contributed by atoms with Crippen LogP contribution in [-0.2, 0) is 18.3 Å². The zero-order valence-corrected chi connectivity index (χ0v) is 14.1. The second-order valence-corrected chi connectivity index (χ2v) is 6.46. The van der Waals surface area contributed by atoms with Crippen molar-refractivity contribution >= 4 is 17.4 Å². The summed E-state index contributed by atoms with van der Waals surface area (Å²) in [6, 6.07) is 9.91. The SMILES string of the molecule is NCCCc1ccc(SCc2cccc(C(F)(F)F)c2)c([N+](=O)[O-])c1. The van der Waals surface area contributed by atoms with Crippen LogP contribution in [0, 0.1) is 10.1 Å². The van der Waals surface area contributed by atoms with E-state index >= 15 is 0 Å². The normalized spacial score (nSPS) is 11.5. The summed E-state index contributed by atoms with van der Waals surface area (Å²) in [5.41, 5.74) is 5.96. The average Bonchev–Trinajstić information content (AvgIpc) is 2.58. The molecule has 25 heavy (non-hydrogen) atoms. The molecule has 0 bridgehead atoms. The monoisotopic (exact) mass is 370 g/mol. The summed E-state index contributed by atoms with van der Waals surface area (Å²) in [6.07, 6.45) is -3.03. The lowest BCUT2D eigenvalue weighted by molar-refractivity contribution is -0.387. The molecule has 0 aliphatic rings. The highest BCUT2D eigenvalue weighted by atomic mass is 32.2. The predicted octanol–water partition coefficient (Wildman–Crippen LogP) is 4.80. The van der Waals surface area contributed by atoms with Crippen LogP contribution in [-0.4, -0.2) is 11.5 Å². The minimum absolute atomic E-state index is 0.0357. The Labute approximate surface area is 147 Å². The first-order valence-electron chi connectivity index (χ1n) is 7.57. The van der Waals surface area contributed by atoms with Crippen LogP contribution in [0.2, 0.25) is 0 Å². The Hall–Kier alpha value is -2.06. The van der Waals surface area contributed by atoms with Crippen molar-refractivity contribution in [2.75, 3.05) is 6.54 Å². The maximum Gasteiger partial charge on any atom is 0.416 e. The van der Waals surface area contributed by atoms with E-state index in [1.165, 1.54) is 12.1 Å². The minimum Gasteiger partial charge on any atom is -0.330 e. The number of nitro benzene ring substituents is 1. The van der Waals surface area contributed by atoms with E-state index in [2.05, 4.69) is 0 Å². The van der Waals surface area contributed by atoms with Gasteiger partial charge in [0.25, 0.3) is 5.69 Å². The molecule has 0 aromatic heterocycles. The summed E-state index contributed by atoms with van der Waals surface area (Å²) in [7, 11) is 0. The Morgan fingerprint density at radius 3 is 2.52 bits per heavy atom. The van der Waals surface area contributed by atoms with Crippen molar-refractivity contribution in [3.63, 3.8) is 0 Å². The molecular weight excluding hydrogens is 353 g/mol. The van der Waals surface area contributed by atoms with Gasteiger partial charge in [0.05, 0.1) is 15.4 Å². The first kappa shape index (κ1) is 19.3. The number of thioether (sulfide) groups is 1. The molecule has 0 fully saturated rings. The fraction of sp³-hybridized carbons (Fsp3) is 0.294. The zero-order chi connectivity index (χ0) is 18.4. The number of halogens is 3. The van der Waals surface area contributed by atoms with E-state index in [4.69, 9.17) is 5.73 Å². The smallest absolute Gasteiger partial charge is 0.330 e. The summed E-state index contributed by atoms with van der Waals surface area (Å²) in [6.45, 7) is 0.500. The highest BCUT2D eigenvalue weighted by Crippen LogP contribution is 2.34. The van der Waals surface area contributed by atoms with Crippen LogP contribution in [0.25, 0.3) is 0 Å². The molecule has 2 aromatic rings. The molecule has 0 heterocycles. The minimum atomic E-state index is -4.41. The lowest BCUT2D eigenvalue weighted by Gasteiger charge is -2.09. The van der Waals surface area contributed by atoms with Crippen LogP contribution in [0.15, 0.2) is 47.4 Å². The summed E-state index contributed by atoms with van der Waals surface area (Å²) >= 11 is 1.15. The van der Waals surface area contributed by atoms with Crippen LogP contribution >= 0.6 is 11.8 Å². The van der Waals surface area contributed by atoms with Gasteiger partial charge in [-0.3, -0.25) is 10.1 Å². The van der Waals surface area contributed by atoms with Gasteiger partial charge in [-0.1, -0.05) is 24.3 Å². The van der Waals surface area contributed by atoms with Crippen molar-refractivity contribution < 1.29 is 18.1 Å². The molecule has 134 valence electrons. The Bertz CT molecular complexity index is 751. The molecule has 4 nitrogen and oxygen atoms in total. The van der Waals surface area contributed by atoms with Crippen LogP contribution in [0.4, 0.5) is 18.9 Å². The number of benzene rings is 2. The molecule has 2 N–H and O–H groups in total. The quantitative estimate of drug-likeness (QED) is 0.432. The summed E-state index contributed by atoms with van der Waals surface area (Å²) in [5, 5.41) is 11.3. The average molecular weight is 370 g/mol. The van der Waals surface area contributed by atoms with Crippen LogP contribution in [0.1, 0.15) is 23.1 Å². The van der Waals surface area contributed by atoms with Gasteiger partial charge in [-0.25, -0.2) is 0 Å². The zero-order valence-electron chi connectivity index (χ0n) is 13.3. The molecule has 8 heteroatoms. The van der Waals surface area contributed by atoms with E-state index in [-0.39, 0.29) is 11.4 Å². The highest BCUT2D eigenvalue weighted by Gasteiger charge is 2.30. The van der Waals surface area contributed by atoms with Crippen molar-refractivity contribution in [2.24, 2.45) is 5.73 Å². The Kier molecular flexibility index (Phi) is 6.44. The Morgan fingerprint density at radius 1 is 1.12 bits per heavy atom. The topological polar surface area (TPSA) is 69.2 Å². The summed E-state index contributed by atoms with van der Waals surface area (Å²) in [5.74, 6) is 0.215. The molecule has 2 aromatic carbocycles. The van der Waals surface area contributed by atoms with Crippen molar-refractivity contribution in [1.82, 2.24) is 0 Å². The number of hydrogen-bond acceptors (Lipinski definition) is 4. The van der Waals surface area contributed by atoms with Gasteiger partial charge >= 0.3 is 6.18 Å². The van der Waals surface area contributed by atoms with Crippen molar-refractivity contribution in [1.29, 1.82) is 0 Å². The van der Waals surface area contributed by atoms with Crippen LogP contribution < -0.4 is 5.73 Å². The predicted molar refractivity (Wildman–Crippen MR) is 91.5 cm³/mol. The number of hydrogen-bond donors (Lipinski definition) is 1. The fourth-order valence-electron chi connectivity index (χ4n) is 2.29. The second kappa shape index (κ2) is 8.35. The molecule has 0 saturated carbocycles. The van der Waals surface area contributed by atoms with Crippen molar-refractivity contribution in [2.45, 2.75) is 29.7 Å². The Balaban J connectivity index is 2.16.